The SMILES string of the molecule is Cc1c(COCC(=O)OC(C)(C)C)cc(CC(=O)O)cc1OS(=O)(=O)F. The van der Waals surface area contributed by atoms with E-state index in [9.17, 15) is 21.9 Å². The van der Waals surface area contributed by atoms with Crippen LogP contribution in [0.15, 0.2) is 12.1 Å². The van der Waals surface area contributed by atoms with Gasteiger partial charge in [0.1, 0.15) is 18.0 Å². The highest BCUT2D eigenvalue weighted by molar-refractivity contribution is 7.81. The molecule has 0 heterocycles. The topological polar surface area (TPSA) is 116 Å². The highest BCUT2D eigenvalue weighted by Crippen LogP contribution is 2.27. The average Bonchev–Trinajstić information content (AvgIpc) is 2.39. The summed E-state index contributed by atoms with van der Waals surface area (Å²) in [4.78, 5) is 22.5. The lowest BCUT2D eigenvalue weighted by Crippen LogP contribution is -2.26. The van der Waals surface area contributed by atoms with Crippen LogP contribution in [0.1, 0.15) is 37.5 Å². The molecule has 0 saturated carbocycles. The molecule has 10 heteroatoms. The lowest BCUT2D eigenvalue weighted by molar-refractivity contribution is -0.160. The first kappa shape index (κ1) is 21.8. The number of aliphatic carboxylic acids is 1. The van der Waals surface area contributed by atoms with Crippen LogP contribution in [-0.4, -0.2) is 37.7 Å². The zero-order valence-electron chi connectivity index (χ0n) is 14.9. The first-order valence-electron chi connectivity index (χ1n) is 7.54. The molecule has 0 aliphatic carbocycles. The smallest absolute Gasteiger partial charge is 0.481 e. The van der Waals surface area contributed by atoms with Gasteiger partial charge >= 0.3 is 22.4 Å². The van der Waals surface area contributed by atoms with Gasteiger partial charge in [0, 0.05) is 0 Å². The monoisotopic (exact) mass is 392 g/mol. The Hall–Kier alpha value is -2.20. The van der Waals surface area contributed by atoms with Crippen molar-refractivity contribution in [3.63, 3.8) is 0 Å². The van der Waals surface area contributed by atoms with Crippen LogP contribution in [0.4, 0.5) is 3.89 Å². The van der Waals surface area contributed by atoms with Gasteiger partial charge in [-0.2, -0.15) is 8.42 Å². The predicted molar refractivity (Wildman–Crippen MR) is 88.7 cm³/mol. The molecule has 0 fully saturated rings. The molecular formula is C16H21FO8S. The maximum atomic E-state index is 12.8. The molecule has 26 heavy (non-hydrogen) atoms. The minimum Gasteiger partial charge on any atom is -0.481 e. The summed E-state index contributed by atoms with van der Waals surface area (Å²) in [7, 11) is -5.28. The lowest BCUT2D eigenvalue weighted by atomic mass is 10.0. The Bertz CT molecular complexity index is 780. The summed E-state index contributed by atoms with van der Waals surface area (Å²) >= 11 is 0. The Balaban J connectivity index is 2.96. The second kappa shape index (κ2) is 8.45. The largest absolute Gasteiger partial charge is 0.488 e. The number of carboxylic acid groups (broad SMARTS) is 1. The fraction of sp³-hybridized carbons (Fsp3) is 0.500. The molecule has 0 radical (unpaired) electrons. The number of esters is 1. The third-order valence-corrected chi connectivity index (χ3v) is 3.35. The Morgan fingerprint density at radius 2 is 1.85 bits per heavy atom. The third kappa shape index (κ3) is 8.26. The fourth-order valence-electron chi connectivity index (χ4n) is 2.04. The van der Waals surface area contributed by atoms with Crippen LogP contribution < -0.4 is 4.18 Å². The maximum Gasteiger partial charge on any atom is 0.488 e. The average molecular weight is 392 g/mol. The van der Waals surface area contributed by atoms with Crippen molar-refractivity contribution in [3.8, 4) is 5.75 Å². The van der Waals surface area contributed by atoms with Gasteiger partial charge in [-0.05, 0) is 50.5 Å². The van der Waals surface area contributed by atoms with E-state index in [-0.39, 0.29) is 30.1 Å². The maximum absolute atomic E-state index is 12.8. The van der Waals surface area contributed by atoms with Gasteiger partial charge in [0.2, 0.25) is 0 Å². The van der Waals surface area contributed by atoms with E-state index in [0.717, 1.165) is 6.07 Å². The number of carbonyl (C=O) groups is 2. The molecular weight excluding hydrogens is 371 g/mol. The summed E-state index contributed by atoms with van der Waals surface area (Å²) in [6.07, 6.45) is -0.429. The van der Waals surface area contributed by atoms with Crippen molar-refractivity contribution in [2.24, 2.45) is 0 Å². The summed E-state index contributed by atoms with van der Waals surface area (Å²) in [5.41, 5.74) is 0.113. The zero-order chi connectivity index (χ0) is 20.1. The van der Waals surface area contributed by atoms with Gasteiger partial charge in [0.15, 0.2) is 0 Å². The van der Waals surface area contributed by atoms with Gasteiger partial charge in [0.05, 0.1) is 13.0 Å². The van der Waals surface area contributed by atoms with Crippen molar-refractivity contribution < 1.29 is 40.7 Å². The lowest BCUT2D eigenvalue weighted by Gasteiger charge is -2.19. The van der Waals surface area contributed by atoms with E-state index in [1.54, 1.807) is 20.8 Å². The molecule has 1 aromatic carbocycles. The van der Waals surface area contributed by atoms with Crippen molar-refractivity contribution in [1.29, 1.82) is 0 Å². The van der Waals surface area contributed by atoms with Gasteiger partial charge in [-0.3, -0.25) is 4.79 Å². The molecule has 8 nitrogen and oxygen atoms in total. The predicted octanol–water partition coefficient (Wildman–Crippen LogP) is 2.07. The Morgan fingerprint density at radius 1 is 1.23 bits per heavy atom. The van der Waals surface area contributed by atoms with E-state index < -0.39 is 34.5 Å². The van der Waals surface area contributed by atoms with Crippen LogP contribution in [0.3, 0.4) is 0 Å². The second-order valence-electron chi connectivity index (χ2n) is 6.50. The molecule has 0 spiro atoms. The van der Waals surface area contributed by atoms with Crippen molar-refractivity contribution in [3.05, 3.63) is 28.8 Å². The molecule has 0 saturated heterocycles. The molecule has 0 aromatic heterocycles. The Kier molecular flexibility index (Phi) is 7.10. The van der Waals surface area contributed by atoms with Gasteiger partial charge in [0.25, 0.3) is 0 Å². The molecule has 0 atom stereocenters. The summed E-state index contributed by atoms with van der Waals surface area (Å²) in [5, 5.41) is 8.88. The van der Waals surface area contributed by atoms with Crippen molar-refractivity contribution >= 4 is 22.4 Å². The van der Waals surface area contributed by atoms with Gasteiger partial charge in [-0.15, -0.1) is 0 Å². The third-order valence-electron chi connectivity index (χ3n) is 2.97. The Labute approximate surface area is 151 Å². The van der Waals surface area contributed by atoms with E-state index in [0.29, 0.717) is 5.56 Å². The normalized spacial score (nSPS) is 11.9. The minimum atomic E-state index is -5.28. The van der Waals surface area contributed by atoms with Gasteiger partial charge in [-0.25, -0.2) is 4.79 Å². The standard InChI is InChI=1S/C16H21FO8S/c1-10-12(8-23-9-15(20)24-16(2,3)4)5-11(7-14(18)19)6-13(10)25-26(17,21)22/h5-6H,7-9H2,1-4H3,(H,18,19). The van der Waals surface area contributed by atoms with Crippen molar-refractivity contribution in [2.45, 2.75) is 46.3 Å². The molecule has 0 unspecified atom stereocenters. The van der Waals surface area contributed by atoms with E-state index in [2.05, 4.69) is 4.18 Å². The molecule has 1 rings (SSSR count). The first-order chi connectivity index (χ1) is 11.8. The Morgan fingerprint density at radius 3 is 2.35 bits per heavy atom. The molecule has 0 amide bonds. The van der Waals surface area contributed by atoms with E-state index in [1.165, 1.54) is 13.0 Å². The number of halogens is 1. The number of rotatable bonds is 8. The number of carbonyl (C=O) groups excluding carboxylic acids is 1. The fourth-order valence-corrected chi connectivity index (χ4v) is 2.43. The van der Waals surface area contributed by atoms with Crippen LogP contribution >= 0.6 is 0 Å². The molecule has 0 aliphatic rings. The van der Waals surface area contributed by atoms with E-state index in [1.807, 2.05) is 0 Å². The first-order valence-corrected chi connectivity index (χ1v) is 8.85. The zero-order valence-corrected chi connectivity index (χ0v) is 15.7. The van der Waals surface area contributed by atoms with E-state index in [4.69, 9.17) is 14.6 Å². The summed E-state index contributed by atoms with van der Waals surface area (Å²) in [6, 6.07) is 2.58. The highest BCUT2D eigenvalue weighted by atomic mass is 32.3. The summed E-state index contributed by atoms with van der Waals surface area (Å²) < 4.78 is 48.9. The van der Waals surface area contributed by atoms with E-state index >= 15 is 0 Å². The number of hydrogen-bond donors (Lipinski definition) is 1. The summed E-state index contributed by atoms with van der Waals surface area (Å²) in [6.45, 7) is 6.04. The molecule has 146 valence electrons. The number of carboxylic acids is 1. The van der Waals surface area contributed by atoms with Crippen LogP contribution in [0, 0.1) is 6.92 Å². The minimum absolute atomic E-state index is 0.152. The highest BCUT2D eigenvalue weighted by Gasteiger charge is 2.19. The van der Waals surface area contributed by atoms with Crippen LogP contribution in [-0.2, 0) is 42.6 Å². The number of ether oxygens (including phenoxy) is 2. The van der Waals surface area contributed by atoms with Crippen LogP contribution in [0.2, 0.25) is 0 Å². The second-order valence-corrected chi connectivity index (χ2v) is 7.46. The van der Waals surface area contributed by atoms with Crippen molar-refractivity contribution in [2.75, 3.05) is 6.61 Å². The number of benzene rings is 1. The van der Waals surface area contributed by atoms with Gasteiger partial charge < -0.3 is 18.8 Å². The summed E-state index contributed by atoms with van der Waals surface area (Å²) in [5.74, 6) is -2.11. The molecule has 0 bridgehead atoms. The van der Waals surface area contributed by atoms with Gasteiger partial charge in [-0.1, -0.05) is 9.95 Å². The van der Waals surface area contributed by atoms with Crippen LogP contribution in [0.25, 0.3) is 0 Å². The van der Waals surface area contributed by atoms with Crippen LogP contribution in [0.5, 0.6) is 5.75 Å². The quantitative estimate of drug-likeness (QED) is 0.528. The molecule has 1 aromatic rings. The number of hydrogen-bond acceptors (Lipinski definition) is 7. The molecule has 0 aliphatic heterocycles. The molecule has 1 N–H and O–H groups in total. The van der Waals surface area contributed by atoms with Crippen molar-refractivity contribution in [1.82, 2.24) is 0 Å².